The molecule has 0 saturated heterocycles. The van der Waals surface area contributed by atoms with Crippen LogP contribution in [0.2, 0.25) is 0 Å². The summed E-state index contributed by atoms with van der Waals surface area (Å²) in [5.74, 6) is 0.329. The molecular formula is C14H21NO4S. The normalized spacial score (nSPS) is 22.9. The highest BCUT2D eigenvalue weighted by Gasteiger charge is 2.27. The van der Waals surface area contributed by atoms with Crippen molar-refractivity contribution >= 4 is 10.0 Å². The van der Waals surface area contributed by atoms with Crippen LogP contribution in [0.3, 0.4) is 0 Å². The molecule has 6 heteroatoms. The molecule has 1 aliphatic carbocycles. The molecule has 20 heavy (non-hydrogen) atoms. The molecule has 0 aromatic heterocycles. The Morgan fingerprint density at radius 2 is 2.15 bits per heavy atom. The van der Waals surface area contributed by atoms with Gasteiger partial charge >= 0.3 is 0 Å². The number of hydrogen-bond donors (Lipinski definition) is 2. The molecular weight excluding hydrogens is 278 g/mol. The van der Waals surface area contributed by atoms with Gasteiger partial charge in [0.25, 0.3) is 0 Å². The lowest BCUT2D eigenvalue weighted by molar-refractivity contribution is 0.134. The first-order valence-electron chi connectivity index (χ1n) is 6.76. The first-order chi connectivity index (χ1) is 9.44. The van der Waals surface area contributed by atoms with Crippen LogP contribution in [0.25, 0.3) is 0 Å². The van der Waals surface area contributed by atoms with Crippen molar-refractivity contribution in [3.8, 4) is 5.75 Å². The lowest BCUT2D eigenvalue weighted by atomic mass is 10.1. The molecule has 5 nitrogen and oxygen atoms in total. The van der Waals surface area contributed by atoms with Gasteiger partial charge in [0.2, 0.25) is 10.0 Å². The van der Waals surface area contributed by atoms with Crippen molar-refractivity contribution in [1.82, 2.24) is 4.72 Å². The molecule has 1 saturated carbocycles. The van der Waals surface area contributed by atoms with Crippen molar-refractivity contribution in [2.45, 2.75) is 37.2 Å². The number of hydrogen-bond acceptors (Lipinski definition) is 4. The van der Waals surface area contributed by atoms with Crippen molar-refractivity contribution in [2.75, 3.05) is 13.7 Å². The van der Waals surface area contributed by atoms with Crippen LogP contribution in [0.4, 0.5) is 0 Å². The van der Waals surface area contributed by atoms with Crippen LogP contribution in [0.15, 0.2) is 23.1 Å². The molecule has 0 bridgehead atoms. The van der Waals surface area contributed by atoms with E-state index >= 15 is 0 Å². The fourth-order valence-electron chi connectivity index (χ4n) is 2.54. The molecule has 2 rings (SSSR count). The summed E-state index contributed by atoms with van der Waals surface area (Å²) in [5, 5.41) is 9.74. The Morgan fingerprint density at radius 1 is 1.40 bits per heavy atom. The third kappa shape index (κ3) is 3.31. The number of sulfonamides is 1. The van der Waals surface area contributed by atoms with E-state index in [1.165, 1.54) is 7.11 Å². The van der Waals surface area contributed by atoms with E-state index in [4.69, 9.17) is 4.74 Å². The Bertz CT molecular complexity index is 571. The van der Waals surface area contributed by atoms with Gasteiger partial charge in [0.05, 0.1) is 13.2 Å². The van der Waals surface area contributed by atoms with E-state index in [0.717, 1.165) is 24.8 Å². The summed E-state index contributed by atoms with van der Waals surface area (Å²) in [7, 11) is -2.17. The van der Waals surface area contributed by atoms with Gasteiger partial charge in [-0.1, -0.05) is 12.5 Å². The molecule has 2 atom stereocenters. The standard InChI is InChI=1S/C14H21NO4S/c1-10-6-7-13(19-2)14(8-10)20(17,18)15-9-11-4-3-5-12(11)16/h6-8,11-12,15-16H,3-5,9H2,1-2H3. The van der Waals surface area contributed by atoms with Gasteiger partial charge < -0.3 is 9.84 Å². The number of aryl methyl sites for hydroxylation is 1. The number of rotatable bonds is 5. The maximum Gasteiger partial charge on any atom is 0.244 e. The van der Waals surface area contributed by atoms with Gasteiger partial charge in [-0.05, 0) is 43.4 Å². The zero-order valence-electron chi connectivity index (χ0n) is 11.8. The van der Waals surface area contributed by atoms with Gasteiger partial charge in [0, 0.05) is 6.54 Å². The van der Waals surface area contributed by atoms with E-state index in [9.17, 15) is 13.5 Å². The highest BCUT2D eigenvalue weighted by Crippen LogP contribution is 2.27. The molecule has 0 heterocycles. The summed E-state index contributed by atoms with van der Waals surface area (Å²) in [6.07, 6.45) is 2.15. The summed E-state index contributed by atoms with van der Waals surface area (Å²) < 4.78 is 32.4. The van der Waals surface area contributed by atoms with Gasteiger partial charge in [-0.3, -0.25) is 0 Å². The summed E-state index contributed by atoms with van der Waals surface area (Å²) in [4.78, 5) is 0.146. The minimum atomic E-state index is -3.62. The number of aliphatic hydroxyl groups is 1. The van der Waals surface area contributed by atoms with Crippen molar-refractivity contribution in [3.63, 3.8) is 0 Å². The van der Waals surface area contributed by atoms with Crippen LogP contribution in [0.1, 0.15) is 24.8 Å². The largest absolute Gasteiger partial charge is 0.495 e. The van der Waals surface area contributed by atoms with Gasteiger partial charge in [-0.15, -0.1) is 0 Å². The van der Waals surface area contributed by atoms with Gasteiger partial charge in [-0.25, -0.2) is 13.1 Å². The number of ether oxygens (including phenoxy) is 1. The van der Waals surface area contributed by atoms with Crippen LogP contribution in [-0.2, 0) is 10.0 Å². The Kier molecular flexibility index (Phi) is 4.67. The quantitative estimate of drug-likeness (QED) is 0.862. The van der Waals surface area contributed by atoms with Crippen molar-refractivity contribution in [3.05, 3.63) is 23.8 Å². The highest BCUT2D eigenvalue weighted by molar-refractivity contribution is 7.89. The van der Waals surface area contributed by atoms with E-state index < -0.39 is 16.1 Å². The average Bonchev–Trinajstić information content (AvgIpc) is 2.82. The topological polar surface area (TPSA) is 75.6 Å². The molecule has 1 fully saturated rings. The predicted octanol–water partition coefficient (Wildman–Crippen LogP) is 1.44. The third-order valence-electron chi connectivity index (χ3n) is 3.76. The SMILES string of the molecule is COc1ccc(C)cc1S(=O)(=O)NCC1CCCC1O. The predicted molar refractivity (Wildman–Crippen MR) is 76.3 cm³/mol. The number of aliphatic hydroxyl groups excluding tert-OH is 1. The Balaban J connectivity index is 2.15. The summed E-state index contributed by atoms with van der Waals surface area (Å²) in [5.41, 5.74) is 0.854. The maximum absolute atomic E-state index is 12.4. The maximum atomic E-state index is 12.4. The summed E-state index contributed by atoms with van der Waals surface area (Å²) in [6, 6.07) is 5.04. The fraction of sp³-hybridized carbons (Fsp3) is 0.571. The van der Waals surface area contributed by atoms with E-state index in [2.05, 4.69) is 4.72 Å². The van der Waals surface area contributed by atoms with E-state index in [1.807, 2.05) is 6.92 Å². The van der Waals surface area contributed by atoms with Crippen LogP contribution in [0, 0.1) is 12.8 Å². The molecule has 112 valence electrons. The first-order valence-corrected chi connectivity index (χ1v) is 8.24. The third-order valence-corrected chi connectivity index (χ3v) is 5.21. The van der Waals surface area contributed by atoms with E-state index in [-0.39, 0.29) is 17.4 Å². The molecule has 0 spiro atoms. The van der Waals surface area contributed by atoms with Crippen molar-refractivity contribution in [1.29, 1.82) is 0 Å². The van der Waals surface area contributed by atoms with Crippen LogP contribution < -0.4 is 9.46 Å². The molecule has 0 aliphatic heterocycles. The van der Waals surface area contributed by atoms with E-state index in [1.54, 1.807) is 18.2 Å². The zero-order valence-corrected chi connectivity index (χ0v) is 12.6. The molecule has 1 aromatic carbocycles. The lowest BCUT2D eigenvalue weighted by Gasteiger charge is -2.16. The summed E-state index contributed by atoms with van der Waals surface area (Å²) in [6.45, 7) is 2.10. The second-order valence-corrected chi connectivity index (χ2v) is 7.00. The Morgan fingerprint density at radius 3 is 2.75 bits per heavy atom. The molecule has 0 radical (unpaired) electrons. The molecule has 0 amide bonds. The van der Waals surface area contributed by atoms with Crippen molar-refractivity contribution in [2.24, 2.45) is 5.92 Å². The van der Waals surface area contributed by atoms with Gasteiger partial charge in [0.15, 0.2) is 0 Å². The molecule has 2 N–H and O–H groups in total. The molecule has 1 aliphatic rings. The molecule has 1 aromatic rings. The second kappa shape index (κ2) is 6.11. The van der Waals surface area contributed by atoms with E-state index in [0.29, 0.717) is 5.75 Å². The average molecular weight is 299 g/mol. The monoisotopic (exact) mass is 299 g/mol. The minimum Gasteiger partial charge on any atom is -0.495 e. The fourth-order valence-corrected chi connectivity index (χ4v) is 3.89. The highest BCUT2D eigenvalue weighted by atomic mass is 32.2. The molecule has 2 unspecified atom stereocenters. The number of benzene rings is 1. The number of nitrogens with one attached hydrogen (secondary N) is 1. The Hall–Kier alpha value is -1.11. The smallest absolute Gasteiger partial charge is 0.244 e. The van der Waals surface area contributed by atoms with Gasteiger partial charge in [-0.2, -0.15) is 0 Å². The minimum absolute atomic E-state index is 0.000536. The van der Waals surface area contributed by atoms with Gasteiger partial charge in [0.1, 0.15) is 10.6 Å². The van der Waals surface area contributed by atoms with Crippen LogP contribution in [-0.4, -0.2) is 33.3 Å². The second-order valence-electron chi connectivity index (χ2n) is 5.26. The number of methoxy groups -OCH3 is 1. The Labute approximate surface area is 120 Å². The zero-order chi connectivity index (χ0) is 14.8. The van der Waals surface area contributed by atoms with Crippen molar-refractivity contribution < 1.29 is 18.3 Å². The van der Waals surface area contributed by atoms with Crippen LogP contribution in [0.5, 0.6) is 5.75 Å². The van der Waals surface area contributed by atoms with Crippen LogP contribution >= 0.6 is 0 Å². The lowest BCUT2D eigenvalue weighted by Crippen LogP contribution is -2.32. The summed E-state index contributed by atoms with van der Waals surface area (Å²) >= 11 is 0. The first kappa shape index (κ1) is 15.3.